The van der Waals surface area contributed by atoms with Gasteiger partial charge in [0.15, 0.2) is 0 Å². The lowest BCUT2D eigenvalue weighted by atomic mass is 9.95. The van der Waals surface area contributed by atoms with E-state index in [-0.39, 0.29) is 5.92 Å². The van der Waals surface area contributed by atoms with Gasteiger partial charge in [0.2, 0.25) is 0 Å². The molecule has 1 heterocycles. The van der Waals surface area contributed by atoms with Crippen molar-refractivity contribution in [1.29, 1.82) is 5.26 Å². The molecular formula is C15H16N2S. The van der Waals surface area contributed by atoms with Crippen molar-refractivity contribution in [3.8, 4) is 16.6 Å². The van der Waals surface area contributed by atoms with E-state index >= 15 is 0 Å². The average molecular weight is 256 g/mol. The van der Waals surface area contributed by atoms with Crippen molar-refractivity contribution >= 4 is 11.3 Å². The van der Waals surface area contributed by atoms with E-state index in [9.17, 15) is 5.26 Å². The Morgan fingerprint density at radius 2 is 2.11 bits per heavy atom. The number of benzene rings is 1. The third-order valence-electron chi connectivity index (χ3n) is 2.91. The van der Waals surface area contributed by atoms with Gasteiger partial charge in [-0.15, -0.1) is 11.3 Å². The Morgan fingerprint density at radius 3 is 2.72 bits per heavy atom. The van der Waals surface area contributed by atoms with Crippen molar-refractivity contribution in [2.24, 2.45) is 5.92 Å². The molecule has 0 saturated carbocycles. The predicted octanol–water partition coefficient (Wildman–Crippen LogP) is 4.38. The van der Waals surface area contributed by atoms with Crippen molar-refractivity contribution < 1.29 is 0 Å². The largest absolute Gasteiger partial charge is 0.240 e. The molecule has 0 amide bonds. The number of nitrogens with zero attached hydrogens (tertiary/aromatic N) is 2. The maximum Gasteiger partial charge on any atom is 0.123 e. The fourth-order valence-electron chi connectivity index (χ4n) is 1.90. The molecule has 0 aliphatic carbocycles. The lowest BCUT2D eigenvalue weighted by molar-refractivity contribution is 0.578. The molecule has 1 unspecified atom stereocenters. The third kappa shape index (κ3) is 2.60. The zero-order valence-corrected chi connectivity index (χ0v) is 11.7. The highest BCUT2D eigenvalue weighted by molar-refractivity contribution is 7.13. The summed E-state index contributed by atoms with van der Waals surface area (Å²) in [5.74, 6) is 0.183. The van der Waals surface area contributed by atoms with E-state index in [1.165, 1.54) is 5.56 Å². The lowest BCUT2D eigenvalue weighted by Crippen LogP contribution is -2.04. The highest BCUT2D eigenvalue weighted by Crippen LogP contribution is 2.30. The summed E-state index contributed by atoms with van der Waals surface area (Å²) in [6.07, 6.45) is 0. The number of nitriles is 1. The maximum absolute atomic E-state index is 9.19. The maximum atomic E-state index is 9.19. The second-order valence-corrected chi connectivity index (χ2v) is 5.66. The van der Waals surface area contributed by atoms with Gasteiger partial charge in [-0.1, -0.05) is 37.6 Å². The van der Waals surface area contributed by atoms with Gasteiger partial charge in [-0.3, -0.25) is 0 Å². The van der Waals surface area contributed by atoms with Crippen molar-refractivity contribution in [2.75, 3.05) is 0 Å². The standard InChI is InChI=1S/C15H16N2S/c1-10(2)13(8-16)14-9-18-15(17-14)12-6-4-5-11(3)7-12/h4-7,9-10,13H,1-3H3. The average Bonchev–Trinajstić information content (AvgIpc) is 2.79. The van der Waals surface area contributed by atoms with Crippen LogP contribution in [0.2, 0.25) is 0 Å². The molecule has 18 heavy (non-hydrogen) atoms. The van der Waals surface area contributed by atoms with E-state index < -0.39 is 0 Å². The molecule has 1 aromatic heterocycles. The van der Waals surface area contributed by atoms with Gasteiger partial charge in [0.05, 0.1) is 17.7 Å². The molecule has 1 atom stereocenters. The molecule has 0 aliphatic rings. The molecule has 0 saturated heterocycles. The van der Waals surface area contributed by atoms with E-state index in [0.29, 0.717) is 5.92 Å². The van der Waals surface area contributed by atoms with Crippen LogP contribution in [-0.2, 0) is 0 Å². The van der Waals surface area contributed by atoms with Crippen LogP contribution >= 0.6 is 11.3 Å². The van der Waals surface area contributed by atoms with E-state index in [0.717, 1.165) is 16.3 Å². The van der Waals surface area contributed by atoms with Crippen LogP contribution in [0.5, 0.6) is 0 Å². The minimum Gasteiger partial charge on any atom is -0.240 e. The number of rotatable bonds is 3. The van der Waals surface area contributed by atoms with Crippen LogP contribution in [0.3, 0.4) is 0 Å². The predicted molar refractivity (Wildman–Crippen MR) is 75.5 cm³/mol. The summed E-state index contributed by atoms with van der Waals surface area (Å²) < 4.78 is 0. The molecular weight excluding hydrogens is 240 g/mol. The van der Waals surface area contributed by atoms with Gasteiger partial charge in [-0.05, 0) is 18.9 Å². The molecule has 0 spiro atoms. The molecule has 1 aromatic carbocycles. The fourth-order valence-corrected chi connectivity index (χ4v) is 2.75. The number of hydrogen-bond donors (Lipinski definition) is 0. The summed E-state index contributed by atoms with van der Waals surface area (Å²) >= 11 is 1.61. The zero-order valence-electron chi connectivity index (χ0n) is 10.8. The first-order valence-corrected chi connectivity index (χ1v) is 6.92. The summed E-state index contributed by atoms with van der Waals surface area (Å²) in [5, 5.41) is 12.2. The number of thiazole rings is 1. The Balaban J connectivity index is 2.34. The van der Waals surface area contributed by atoms with Gasteiger partial charge in [0, 0.05) is 10.9 Å². The van der Waals surface area contributed by atoms with Crippen molar-refractivity contribution in [2.45, 2.75) is 26.7 Å². The molecule has 3 heteroatoms. The second kappa shape index (κ2) is 5.32. The molecule has 92 valence electrons. The first-order valence-electron chi connectivity index (χ1n) is 6.04. The molecule has 2 nitrogen and oxygen atoms in total. The first-order chi connectivity index (χ1) is 8.61. The molecule has 2 aromatic rings. The summed E-state index contributed by atoms with van der Waals surface area (Å²) in [4.78, 5) is 4.61. The highest BCUT2D eigenvalue weighted by atomic mass is 32.1. The lowest BCUT2D eigenvalue weighted by Gasteiger charge is -2.09. The zero-order chi connectivity index (χ0) is 13.1. The Kier molecular flexibility index (Phi) is 3.78. The molecule has 0 fully saturated rings. The van der Waals surface area contributed by atoms with E-state index in [4.69, 9.17) is 0 Å². The van der Waals surface area contributed by atoms with Crippen molar-refractivity contribution in [1.82, 2.24) is 4.98 Å². The molecule has 0 radical (unpaired) electrons. The highest BCUT2D eigenvalue weighted by Gasteiger charge is 2.18. The third-order valence-corrected chi connectivity index (χ3v) is 3.82. The summed E-state index contributed by atoms with van der Waals surface area (Å²) in [6, 6.07) is 10.6. The van der Waals surface area contributed by atoms with Crippen LogP contribution in [0.15, 0.2) is 29.6 Å². The van der Waals surface area contributed by atoms with E-state index in [1.807, 2.05) is 11.4 Å². The van der Waals surface area contributed by atoms with Crippen molar-refractivity contribution in [3.05, 3.63) is 40.9 Å². The molecule has 0 N–H and O–H groups in total. The Bertz CT molecular complexity index is 578. The van der Waals surface area contributed by atoms with Gasteiger partial charge in [-0.2, -0.15) is 5.26 Å². The monoisotopic (exact) mass is 256 g/mol. The Labute approximate surface area is 112 Å². The smallest absolute Gasteiger partial charge is 0.123 e. The van der Waals surface area contributed by atoms with E-state index in [2.05, 4.69) is 50.0 Å². The van der Waals surface area contributed by atoms with E-state index in [1.54, 1.807) is 11.3 Å². The number of hydrogen-bond acceptors (Lipinski definition) is 3. The van der Waals surface area contributed by atoms with Crippen LogP contribution in [0.25, 0.3) is 10.6 Å². The van der Waals surface area contributed by atoms with Gasteiger partial charge in [-0.25, -0.2) is 4.98 Å². The topological polar surface area (TPSA) is 36.7 Å². The quantitative estimate of drug-likeness (QED) is 0.817. The minimum atomic E-state index is -0.111. The summed E-state index contributed by atoms with van der Waals surface area (Å²) in [7, 11) is 0. The Morgan fingerprint density at radius 1 is 1.33 bits per heavy atom. The van der Waals surface area contributed by atoms with Crippen molar-refractivity contribution in [3.63, 3.8) is 0 Å². The summed E-state index contributed by atoms with van der Waals surface area (Å²) in [5.41, 5.74) is 3.26. The van der Waals surface area contributed by atoms with Crippen LogP contribution < -0.4 is 0 Å². The summed E-state index contributed by atoms with van der Waals surface area (Å²) in [6.45, 7) is 6.18. The molecule has 2 rings (SSSR count). The first kappa shape index (κ1) is 12.8. The van der Waals surface area contributed by atoms with Crippen LogP contribution in [0, 0.1) is 24.2 Å². The Hall–Kier alpha value is -1.66. The molecule has 0 bridgehead atoms. The minimum absolute atomic E-state index is 0.111. The van der Waals surface area contributed by atoms with Gasteiger partial charge in [0.1, 0.15) is 5.01 Å². The number of aryl methyl sites for hydroxylation is 1. The van der Waals surface area contributed by atoms with Crippen LogP contribution in [0.4, 0.5) is 0 Å². The second-order valence-electron chi connectivity index (χ2n) is 4.80. The fraction of sp³-hybridized carbons (Fsp3) is 0.333. The normalized spacial score (nSPS) is 12.4. The van der Waals surface area contributed by atoms with Gasteiger partial charge >= 0.3 is 0 Å². The van der Waals surface area contributed by atoms with Gasteiger partial charge < -0.3 is 0 Å². The van der Waals surface area contributed by atoms with Gasteiger partial charge in [0.25, 0.3) is 0 Å². The van der Waals surface area contributed by atoms with Crippen LogP contribution in [0.1, 0.15) is 31.0 Å². The molecule has 0 aliphatic heterocycles. The SMILES string of the molecule is Cc1cccc(-c2nc(C(C#N)C(C)C)cs2)c1. The number of aromatic nitrogens is 1. The van der Waals surface area contributed by atoms with Crippen LogP contribution in [-0.4, -0.2) is 4.98 Å².